The highest BCUT2D eigenvalue weighted by Gasteiger charge is 2.01. The highest BCUT2D eigenvalue weighted by atomic mass is 79.9. The highest BCUT2D eigenvalue weighted by Crippen LogP contribution is 2.19. The van der Waals surface area contributed by atoms with Crippen LogP contribution in [0, 0.1) is 0 Å². The molecule has 0 atom stereocenters. The lowest BCUT2D eigenvalue weighted by molar-refractivity contribution is 0.163. The van der Waals surface area contributed by atoms with Gasteiger partial charge in [-0.15, -0.1) is 10.2 Å². The molecule has 1 aromatic rings. The Bertz CT molecular complexity index is 283. The van der Waals surface area contributed by atoms with Gasteiger partial charge in [-0.3, -0.25) is 0 Å². The summed E-state index contributed by atoms with van der Waals surface area (Å²) in [4.78, 5) is 2.20. The van der Waals surface area contributed by atoms with Crippen molar-refractivity contribution in [2.24, 2.45) is 0 Å². The van der Waals surface area contributed by atoms with E-state index in [-0.39, 0.29) is 0 Å². The summed E-state index contributed by atoms with van der Waals surface area (Å²) in [5, 5.41) is 11.8. The Hall–Kier alpha value is -0.240. The smallest absolute Gasteiger partial charge is 0.206 e. The molecule has 0 aliphatic carbocycles. The van der Waals surface area contributed by atoms with Gasteiger partial charge in [-0.05, 0) is 23.0 Å². The molecule has 0 saturated heterocycles. The molecular formula is C8H15BrN4OS. The van der Waals surface area contributed by atoms with Gasteiger partial charge < -0.3 is 15.0 Å². The van der Waals surface area contributed by atoms with Crippen LogP contribution in [0.3, 0.4) is 0 Å². The van der Waals surface area contributed by atoms with Gasteiger partial charge in [-0.1, -0.05) is 11.3 Å². The number of nitrogens with zero attached hydrogens (tertiary/aromatic N) is 3. The first kappa shape index (κ1) is 12.8. The van der Waals surface area contributed by atoms with Crippen molar-refractivity contribution in [3.63, 3.8) is 0 Å². The van der Waals surface area contributed by atoms with Crippen LogP contribution in [-0.4, -0.2) is 55.5 Å². The molecule has 0 aromatic carbocycles. The van der Waals surface area contributed by atoms with Gasteiger partial charge in [0.15, 0.2) is 3.92 Å². The van der Waals surface area contributed by atoms with E-state index in [9.17, 15) is 0 Å². The Kier molecular flexibility index (Phi) is 6.07. The van der Waals surface area contributed by atoms with E-state index in [4.69, 9.17) is 4.74 Å². The number of anilines is 1. The molecule has 1 heterocycles. The van der Waals surface area contributed by atoms with Crippen molar-refractivity contribution < 1.29 is 4.74 Å². The van der Waals surface area contributed by atoms with Crippen LogP contribution in [0.1, 0.15) is 0 Å². The van der Waals surface area contributed by atoms with E-state index >= 15 is 0 Å². The maximum absolute atomic E-state index is 4.99. The van der Waals surface area contributed by atoms with Crippen molar-refractivity contribution in [3.8, 4) is 0 Å². The van der Waals surface area contributed by atoms with Gasteiger partial charge in [0.2, 0.25) is 5.13 Å². The van der Waals surface area contributed by atoms with Crippen LogP contribution in [0.4, 0.5) is 5.13 Å². The molecule has 0 unspecified atom stereocenters. The van der Waals surface area contributed by atoms with E-state index < -0.39 is 0 Å². The Morgan fingerprint density at radius 3 is 2.87 bits per heavy atom. The number of hydrogen-bond acceptors (Lipinski definition) is 6. The topological polar surface area (TPSA) is 50.3 Å². The minimum Gasteiger partial charge on any atom is -0.383 e. The minimum absolute atomic E-state index is 0.765. The number of likely N-dealkylation sites (N-methyl/N-ethyl adjacent to an activating group) is 1. The van der Waals surface area contributed by atoms with Crippen LogP contribution >= 0.6 is 27.3 Å². The molecule has 1 aromatic heterocycles. The maximum Gasteiger partial charge on any atom is 0.206 e. The zero-order valence-electron chi connectivity index (χ0n) is 8.86. The fourth-order valence-electron chi connectivity index (χ4n) is 0.989. The molecule has 0 radical (unpaired) electrons. The van der Waals surface area contributed by atoms with E-state index in [1.807, 2.05) is 0 Å². The lowest BCUT2D eigenvalue weighted by Crippen LogP contribution is -2.28. The predicted octanol–water partition coefficient (Wildman–Crippen LogP) is 1.29. The number of aromatic nitrogens is 2. The van der Waals surface area contributed by atoms with Gasteiger partial charge in [0.1, 0.15) is 0 Å². The second kappa shape index (κ2) is 7.10. The third kappa shape index (κ3) is 5.41. The SMILES string of the molecule is COCCN(C)CCNc1nnc(Br)s1. The van der Waals surface area contributed by atoms with Crippen molar-refractivity contribution in [3.05, 3.63) is 3.92 Å². The van der Waals surface area contributed by atoms with Crippen molar-refractivity contribution >= 4 is 32.4 Å². The largest absolute Gasteiger partial charge is 0.383 e. The summed E-state index contributed by atoms with van der Waals surface area (Å²) in [5.74, 6) is 0. The van der Waals surface area contributed by atoms with Crippen LogP contribution < -0.4 is 5.32 Å². The van der Waals surface area contributed by atoms with E-state index in [1.54, 1.807) is 7.11 Å². The average Bonchev–Trinajstić information content (AvgIpc) is 2.61. The molecule has 1 rings (SSSR count). The lowest BCUT2D eigenvalue weighted by Gasteiger charge is -2.15. The van der Waals surface area contributed by atoms with Crippen LogP contribution in [-0.2, 0) is 4.74 Å². The van der Waals surface area contributed by atoms with Gasteiger partial charge in [0.25, 0.3) is 0 Å². The zero-order chi connectivity index (χ0) is 11.1. The Morgan fingerprint density at radius 2 is 2.27 bits per heavy atom. The second-order valence-corrected chi connectivity index (χ2v) is 5.34. The number of rotatable bonds is 7. The monoisotopic (exact) mass is 294 g/mol. The molecule has 0 bridgehead atoms. The lowest BCUT2D eigenvalue weighted by atomic mass is 10.5. The Balaban J connectivity index is 2.10. The molecule has 15 heavy (non-hydrogen) atoms. The van der Waals surface area contributed by atoms with Crippen LogP contribution in [0.2, 0.25) is 0 Å². The van der Waals surface area contributed by atoms with E-state index in [0.717, 1.165) is 35.3 Å². The van der Waals surface area contributed by atoms with Gasteiger partial charge in [-0.2, -0.15) is 0 Å². The molecule has 0 aliphatic rings. The van der Waals surface area contributed by atoms with Gasteiger partial charge >= 0.3 is 0 Å². The van der Waals surface area contributed by atoms with Crippen LogP contribution in [0.25, 0.3) is 0 Å². The number of ether oxygens (including phenoxy) is 1. The predicted molar refractivity (Wildman–Crippen MR) is 65.5 cm³/mol. The summed E-state index contributed by atoms with van der Waals surface area (Å²) >= 11 is 4.76. The fourth-order valence-corrected chi connectivity index (χ4v) is 2.03. The molecule has 0 spiro atoms. The number of nitrogens with one attached hydrogen (secondary N) is 1. The third-order valence-corrected chi connectivity index (χ3v) is 3.16. The minimum atomic E-state index is 0.765. The average molecular weight is 295 g/mol. The maximum atomic E-state index is 4.99. The normalized spacial score (nSPS) is 10.9. The van der Waals surface area contributed by atoms with Crippen LogP contribution in [0.15, 0.2) is 3.92 Å². The molecule has 0 amide bonds. The summed E-state index contributed by atoms with van der Waals surface area (Å²) in [6, 6.07) is 0. The number of methoxy groups -OCH3 is 1. The van der Waals surface area contributed by atoms with Gasteiger partial charge in [-0.25, -0.2) is 0 Å². The fraction of sp³-hybridized carbons (Fsp3) is 0.750. The van der Waals surface area contributed by atoms with E-state index in [1.165, 1.54) is 11.3 Å². The standard InChI is InChI=1S/C8H15BrN4OS/c1-13(5-6-14-2)4-3-10-8-12-11-7(9)15-8/h3-6H2,1-2H3,(H,10,12). The third-order valence-electron chi connectivity index (χ3n) is 1.85. The second-order valence-electron chi connectivity index (χ2n) is 3.08. The first-order chi connectivity index (χ1) is 7.22. The molecule has 86 valence electrons. The van der Waals surface area contributed by atoms with Crippen LogP contribution in [0.5, 0.6) is 0 Å². The molecule has 0 saturated carbocycles. The summed E-state index contributed by atoms with van der Waals surface area (Å²) in [6.07, 6.45) is 0. The molecule has 0 aliphatic heterocycles. The molecule has 7 heteroatoms. The van der Waals surface area contributed by atoms with Crippen molar-refractivity contribution in [2.45, 2.75) is 0 Å². The molecular weight excluding hydrogens is 280 g/mol. The number of halogens is 1. The van der Waals surface area contributed by atoms with E-state index in [0.29, 0.717) is 0 Å². The van der Waals surface area contributed by atoms with Gasteiger partial charge in [0.05, 0.1) is 6.61 Å². The number of hydrogen-bond donors (Lipinski definition) is 1. The van der Waals surface area contributed by atoms with Crippen molar-refractivity contribution in [1.29, 1.82) is 0 Å². The van der Waals surface area contributed by atoms with E-state index in [2.05, 4.69) is 43.4 Å². The first-order valence-corrected chi connectivity index (χ1v) is 6.23. The molecule has 1 N–H and O–H groups in total. The zero-order valence-corrected chi connectivity index (χ0v) is 11.3. The summed E-state index contributed by atoms with van der Waals surface area (Å²) in [6.45, 7) is 3.53. The summed E-state index contributed by atoms with van der Waals surface area (Å²) < 4.78 is 5.80. The van der Waals surface area contributed by atoms with Gasteiger partial charge in [0, 0.05) is 26.7 Å². The summed E-state index contributed by atoms with van der Waals surface area (Å²) in [7, 11) is 3.78. The Labute approximate surface area is 102 Å². The molecule has 0 fully saturated rings. The highest BCUT2D eigenvalue weighted by molar-refractivity contribution is 9.11. The molecule has 5 nitrogen and oxygen atoms in total. The first-order valence-electron chi connectivity index (χ1n) is 4.62. The summed E-state index contributed by atoms with van der Waals surface area (Å²) in [5.41, 5.74) is 0. The van der Waals surface area contributed by atoms with Crippen molar-refractivity contribution in [1.82, 2.24) is 15.1 Å². The van der Waals surface area contributed by atoms with Crippen molar-refractivity contribution in [2.75, 3.05) is 45.7 Å². The quantitative estimate of drug-likeness (QED) is 0.821. The Morgan fingerprint density at radius 1 is 1.47 bits per heavy atom.